The maximum Gasteiger partial charge on any atom is 0.336 e. The molecule has 2 heterocycles. The summed E-state index contributed by atoms with van der Waals surface area (Å²) in [7, 11) is -3.01. The van der Waals surface area contributed by atoms with E-state index in [0.717, 1.165) is 16.5 Å². The maximum atomic E-state index is 12.0. The van der Waals surface area contributed by atoms with Crippen LogP contribution < -0.4 is 5.63 Å². The molecule has 1 aliphatic rings. The summed E-state index contributed by atoms with van der Waals surface area (Å²) < 4.78 is 33.5. The van der Waals surface area contributed by atoms with Gasteiger partial charge in [-0.05, 0) is 37.3 Å². The van der Waals surface area contributed by atoms with E-state index in [9.17, 15) is 18.0 Å². The highest BCUT2D eigenvalue weighted by molar-refractivity contribution is 7.91. The van der Waals surface area contributed by atoms with Crippen molar-refractivity contribution in [2.45, 2.75) is 33.3 Å². The average Bonchev–Trinajstić information content (AvgIpc) is 2.87. The Bertz CT molecular complexity index is 987. The minimum Gasteiger partial charge on any atom is -0.461 e. The van der Waals surface area contributed by atoms with E-state index < -0.39 is 21.4 Å². The van der Waals surface area contributed by atoms with Crippen LogP contribution in [0.5, 0.6) is 0 Å². The van der Waals surface area contributed by atoms with Gasteiger partial charge in [-0.3, -0.25) is 4.79 Å². The molecule has 0 radical (unpaired) electrons. The molecule has 7 heteroatoms. The standard InChI is InChI=1S/C18H20O6S/c1-11-3-4-15-14(8-17(20)24-18(15)12(11)2)9-23-16(19)7-13-5-6-25(21,22)10-13/h3-4,8,13H,5-7,9-10H2,1-2H3/t13-/m0/s1. The van der Waals surface area contributed by atoms with Gasteiger partial charge in [-0.25, -0.2) is 13.2 Å². The third-order valence-electron chi connectivity index (χ3n) is 4.69. The van der Waals surface area contributed by atoms with Crippen molar-refractivity contribution < 1.29 is 22.4 Å². The van der Waals surface area contributed by atoms with E-state index in [1.165, 1.54) is 6.07 Å². The van der Waals surface area contributed by atoms with E-state index in [0.29, 0.717) is 17.6 Å². The normalized spacial score (nSPS) is 19.2. The van der Waals surface area contributed by atoms with Gasteiger partial charge in [0.1, 0.15) is 12.2 Å². The summed E-state index contributed by atoms with van der Waals surface area (Å²) in [6.45, 7) is 3.76. The Morgan fingerprint density at radius 2 is 2.08 bits per heavy atom. The van der Waals surface area contributed by atoms with E-state index in [4.69, 9.17) is 9.15 Å². The number of carbonyl (C=O) groups excluding carboxylic acids is 1. The number of esters is 1. The number of fused-ring (bicyclic) bond motifs is 1. The summed E-state index contributed by atoms with van der Waals surface area (Å²) >= 11 is 0. The zero-order valence-electron chi connectivity index (χ0n) is 14.2. The molecule has 0 saturated carbocycles. The highest BCUT2D eigenvalue weighted by Gasteiger charge is 2.29. The first-order chi connectivity index (χ1) is 11.7. The molecule has 0 unspecified atom stereocenters. The second-order valence-corrected chi connectivity index (χ2v) is 8.84. The molecular weight excluding hydrogens is 344 g/mol. The fourth-order valence-corrected chi connectivity index (χ4v) is 4.99. The van der Waals surface area contributed by atoms with Gasteiger partial charge in [-0.15, -0.1) is 0 Å². The van der Waals surface area contributed by atoms with Gasteiger partial charge in [0, 0.05) is 23.4 Å². The third kappa shape index (κ3) is 3.92. The van der Waals surface area contributed by atoms with Crippen LogP contribution in [-0.2, 0) is 26.0 Å². The van der Waals surface area contributed by atoms with Gasteiger partial charge in [0.25, 0.3) is 0 Å². The van der Waals surface area contributed by atoms with Crippen molar-refractivity contribution in [3.63, 3.8) is 0 Å². The van der Waals surface area contributed by atoms with Gasteiger partial charge in [-0.1, -0.05) is 12.1 Å². The van der Waals surface area contributed by atoms with E-state index in [1.54, 1.807) is 0 Å². The number of benzene rings is 1. The van der Waals surface area contributed by atoms with Gasteiger partial charge in [-0.2, -0.15) is 0 Å². The lowest BCUT2D eigenvalue weighted by Crippen LogP contribution is -2.13. The van der Waals surface area contributed by atoms with Crippen LogP contribution in [0.25, 0.3) is 11.0 Å². The first kappa shape index (κ1) is 17.7. The topological polar surface area (TPSA) is 90.7 Å². The van der Waals surface area contributed by atoms with Crippen LogP contribution in [0, 0.1) is 19.8 Å². The molecule has 1 fully saturated rings. The molecule has 0 bridgehead atoms. The van der Waals surface area contributed by atoms with Crippen molar-refractivity contribution in [3.8, 4) is 0 Å². The van der Waals surface area contributed by atoms with Gasteiger partial charge >= 0.3 is 11.6 Å². The van der Waals surface area contributed by atoms with Gasteiger partial charge in [0.15, 0.2) is 9.84 Å². The van der Waals surface area contributed by atoms with Crippen molar-refractivity contribution in [1.82, 2.24) is 0 Å². The van der Waals surface area contributed by atoms with Crippen LogP contribution in [0.15, 0.2) is 27.4 Å². The number of aryl methyl sites for hydroxylation is 2. The van der Waals surface area contributed by atoms with Crippen LogP contribution in [0.3, 0.4) is 0 Å². The zero-order valence-corrected chi connectivity index (χ0v) is 15.0. The summed E-state index contributed by atoms with van der Waals surface area (Å²) in [5.41, 5.74) is 2.47. The van der Waals surface area contributed by atoms with Crippen LogP contribution >= 0.6 is 0 Å². The van der Waals surface area contributed by atoms with Gasteiger partial charge < -0.3 is 9.15 Å². The Labute approximate surface area is 145 Å². The number of carbonyl (C=O) groups is 1. The summed E-state index contributed by atoms with van der Waals surface area (Å²) in [5.74, 6) is -0.459. The molecule has 2 aromatic rings. The number of hydrogen-bond donors (Lipinski definition) is 0. The molecule has 1 aliphatic heterocycles. The van der Waals surface area contributed by atoms with Crippen molar-refractivity contribution >= 4 is 26.8 Å². The lowest BCUT2D eigenvalue weighted by Gasteiger charge is -2.11. The Kier molecular flexibility index (Phi) is 4.69. The van der Waals surface area contributed by atoms with Crippen molar-refractivity contribution in [2.24, 2.45) is 5.92 Å². The lowest BCUT2D eigenvalue weighted by atomic mass is 10.0. The fraction of sp³-hybridized carbons (Fsp3) is 0.444. The van der Waals surface area contributed by atoms with Crippen molar-refractivity contribution in [2.75, 3.05) is 11.5 Å². The number of ether oxygens (including phenoxy) is 1. The SMILES string of the molecule is Cc1ccc2c(COC(=O)C[C@@H]3CCS(=O)(=O)C3)cc(=O)oc2c1C. The maximum absolute atomic E-state index is 12.0. The Morgan fingerprint density at radius 3 is 2.76 bits per heavy atom. The predicted octanol–water partition coefficient (Wildman–Crippen LogP) is 2.28. The molecule has 134 valence electrons. The summed E-state index contributed by atoms with van der Waals surface area (Å²) in [6, 6.07) is 5.09. The molecule has 25 heavy (non-hydrogen) atoms. The lowest BCUT2D eigenvalue weighted by molar-refractivity contribution is -0.145. The van der Waals surface area contributed by atoms with E-state index in [1.807, 2.05) is 26.0 Å². The number of sulfone groups is 1. The largest absolute Gasteiger partial charge is 0.461 e. The molecule has 6 nitrogen and oxygen atoms in total. The van der Waals surface area contributed by atoms with Crippen molar-refractivity contribution in [3.05, 3.63) is 45.3 Å². The second-order valence-electron chi connectivity index (χ2n) is 6.61. The van der Waals surface area contributed by atoms with Gasteiger partial charge in [0.05, 0.1) is 11.5 Å². The monoisotopic (exact) mass is 364 g/mol. The molecule has 3 rings (SSSR count). The molecular formula is C18H20O6S. The highest BCUT2D eigenvalue weighted by atomic mass is 32.2. The summed E-state index contributed by atoms with van der Waals surface area (Å²) in [5, 5.41) is 0.735. The minimum absolute atomic E-state index is 0.0388. The molecule has 1 atom stereocenters. The van der Waals surface area contributed by atoms with E-state index >= 15 is 0 Å². The Hall–Kier alpha value is -2.15. The fourth-order valence-electron chi connectivity index (χ4n) is 3.13. The summed E-state index contributed by atoms with van der Waals surface area (Å²) in [6.07, 6.45) is 0.574. The van der Waals surface area contributed by atoms with E-state index in [-0.39, 0.29) is 30.5 Å². The highest BCUT2D eigenvalue weighted by Crippen LogP contribution is 2.25. The molecule has 0 N–H and O–H groups in total. The molecule has 0 amide bonds. The summed E-state index contributed by atoms with van der Waals surface area (Å²) in [4.78, 5) is 23.8. The van der Waals surface area contributed by atoms with Crippen LogP contribution in [0.1, 0.15) is 29.5 Å². The molecule has 0 spiro atoms. The van der Waals surface area contributed by atoms with Gasteiger partial charge in [0.2, 0.25) is 0 Å². The van der Waals surface area contributed by atoms with Crippen LogP contribution in [-0.4, -0.2) is 25.9 Å². The second kappa shape index (κ2) is 6.63. The zero-order chi connectivity index (χ0) is 18.2. The molecule has 0 aliphatic carbocycles. The molecule has 1 aromatic carbocycles. The Balaban J connectivity index is 1.74. The first-order valence-corrected chi connectivity index (χ1v) is 9.96. The number of rotatable bonds is 4. The predicted molar refractivity (Wildman–Crippen MR) is 93.1 cm³/mol. The quantitative estimate of drug-likeness (QED) is 0.611. The molecule has 1 aromatic heterocycles. The van der Waals surface area contributed by atoms with E-state index in [2.05, 4.69) is 0 Å². The molecule has 1 saturated heterocycles. The van der Waals surface area contributed by atoms with Crippen molar-refractivity contribution in [1.29, 1.82) is 0 Å². The first-order valence-electron chi connectivity index (χ1n) is 8.14. The van der Waals surface area contributed by atoms with Crippen LogP contribution in [0.4, 0.5) is 0 Å². The Morgan fingerprint density at radius 1 is 1.32 bits per heavy atom. The number of hydrogen-bond acceptors (Lipinski definition) is 6. The smallest absolute Gasteiger partial charge is 0.336 e. The third-order valence-corrected chi connectivity index (χ3v) is 6.53. The average molecular weight is 364 g/mol. The van der Waals surface area contributed by atoms with Crippen LogP contribution in [0.2, 0.25) is 0 Å². The minimum atomic E-state index is -3.01.